The molecule has 0 radical (unpaired) electrons. The van der Waals surface area contributed by atoms with E-state index in [1.54, 1.807) is 0 Å². The van der Waals surface area contributed by atoms with Crippen LogP contribution < -0.4 is 0 Å². The SMILES string of the molecule is O=S(=O)(c1ccc(C(F)(F)F)cn1)N1CCC(O)(C2CC2)CC1. The summed E-state index contributed by atoms with van der Waals surface area (Å²) in [5, 5.41) is 10.0. The lowest BCUT2D eigenvalue weighted by atomic mass is 9.88. The standard InChI is InChI=1S/C14H17F3N2O3S/c15-14(16,17)11-3-4-12(18-9-11)23(21,22)19-7-5-13(20,6-8-19)10-1-2-10/h3-4,9-10,20H,1-2,5-8H2. The molecule has 128 valence electrons. The molecule has 0 spiro atoms. The lowest BCUT2D eigenvalue weighted by Crippen LogP contribution is -2.47. The lowest BCUT2D eigenvalue weighted by Gasteiger charge is -2.37. The highest BCUT2D eigenvalue weighted by atomic mass is 32.2. The number of pyridine rings is 1. The summed E-state index contributed by atoms with van der Waals surface area (Å²) in [7, 11) is -3.94. The van der Waals surface area contributed by atoms with E-state index in [-0.39, 0.29) is 19.0 Å². The van der Waals surface area contributed by atoms with Crippen molar-refractivity contribution in [3.63, 3.8) is 0 Å². The Hall–Kier alpha value is -1.19. The second kappa shape index (κ2) is 5.42. The molecule has 1 N–H and O–H groups in total. The summed E-state index contributed by atoms with van der Waals surface area (Å²) in [6.07, 6.45) is -1.42. The van der Waals surface area contributed by atoms with E-state index < -0.39 is 32.4 Å². The van der Waals surface area contributed by atoms with Crippen LogP contribution in [0.2, 0.25) is 0 Å². The molecule has 1 saturated heterocycles. The molecule has 5 nitrogen and oxygen atoms in total. The highest BCUT2D eigenvalue weighted by Gasteiger charge is 2.47. The average molecular weight is 350 g/mol. The summed E-state index contributed by atoms with van der Waals surface area (Å²) in [6, 6.07) is 1.59. The van der Waals surface area contributed by atoms with E-state index in [0.717, 1.165) is 18.9 Å². The third-order valence-electron chi connectivity index (χ3n) is 4.59. The van der Waals surface area contributed by atoms with Gasteiger partial charge in [-0.05, 0) is 43.7 Å². The zero-order valence-corrected chi connectivity index (χ0v) is 13.1. The fraction of sp³-hybridized carbons (Fsp3) is 0.643. The van der Waals surface area contributed by atoms with E-state index in [2.05, 4.69) is 4.98 Å². The van der Waals surface area contributed by atoms with Crippen LogP contribution in [0.4, 0.5) is 13.2 Å². The number of hydrogen-bond donors (Lipinski definition) is 1. The molecule has 0 atom stereocenters. The van der Waals surface area contributed by atoms with Crippen LogP contribution in [0, 0.1) is 5.92 Å². The van der Waals surface area contributed by atoms with Crippen molar-refractivity contribution >= 4 is 10.0 Å². The van der Waals surface area contributed by atoms with Crippen LogP contribution in [0.25, 0.3) is 0 Å². The Morgan fingerprint density at radius 1 is 1.22 bits per heavy atom. The molecule has 1 aliphatic heterocycles. The van der Waals surface area contributed by atoms with Crippen LogP contribution in [0.3, 0.4) is 0 Å². The number of nitrogens with zero attached hydrogens (tertiary/aromatic N) is 2. The number of sulfonamides is 1. The molecule has 0 bridgehead atoms. The minimum atomic E-state index is -4.55. The van der Waals surface area contributed by atoms with Crippen LogP contribution in [0.5, 0.6) is 0 Å². The van der Waals surface area contributed by atoms with Crippen molar-refractivity contribution in [2.24, 2.45) is 5.92 Å². The number of rotatable bonds is 3. The number of hydrogen-bond acceptors (Lipinski definition) is 4. The third kappa shape index (κ3) is 3.22. The van der Waals surface area contributed by atoms with Crippen molar-refractivity contribution in [2.75, 3.05) is 13.1 Å². The third-order valence-corrected chi connectivity index (χ3v) is 6.41. The van der Waals surface area contributed by atoms with E-state index in [1.807, 2.05) is 0 Å². The summed E-state index contributed by atoms with van der Waals surface area (Å²) in [5.41, 5.74) is -1.79. The van der Waals surface area contributed by atoms with Gasteiger partial charge in [0.1, 0.15) is 0 Å². The molecule has 0 aromatic carbocycles. The van der Waals surface area contributed by atoms with Crippen LogP contribution in [0.1, 0.15) is 31.2 Å². The zero-order valence-electron chi connectivity index (χ0n) is 12.3. The highest BCUT2D eigenvalue weighted by Crippen LogP contribution is 2.45. The monoisotopic (exact) mass is 350 g/mol. The molecular weight excluding hydrogens is 333 g/mol. The number of aliphatic hydroxyl groups is 1. The number of alkyl halides is 3. The molecule has 1 aliphatic carbocycles. The Morgan fingerprint density at radius 3 is 2.26 bits per heavy atom. The van der Waals surface area contributed by atoms with E-state index in [9.17, 15) is 26.7 Å². The largest absolute Gasteiger partial charge is 0.417 e. The molecule has 0 amide bonds. The summed E-state index contributed by atoms with van der Waals surface area (Å²) < 4.78 is 63.6. The van der Waals surface area contributed by atoms with Gasteiger partial charge < -0.3 is 5.11 Å². The lowest BCUT2D eigenvalue weighted by molar-refractivity contribution is -0.137. The van der Waals surface area contributed by atoms with Gasteiger partial charge in [0.2, 0.25) is 0 Å². The van der Waals surface area contributed by atoms with E-state index in [0.29, 0.717) is 25.1 Å². The first-order valence-corrected chi connectivity index (χ1v) is 8.83. The van der Waals surface area contributed by atoms with Crippen LogP contribution in [-0.2, 0) is 16.2 Å². The Bertz CT molecular complexity index is 676. The fourth-order valence-corrected chi connectivity index (χ4v) is 4.33. The molecule has 0 unspecified atom stereocenters. The van der Waals surface area contributed by atoms with Crippen molar-refractivity contribution in [1.29, 1.82) is 0 Å². The van der Waals surface area contributed by atoms with Crippen molar-refractivity contribution in [3.05, 3.63) is 23.9 Å². The maximum atomic E-state index is 12.5. The van der Waals surface area contributed by atoms with Gasteiger partial charge in [-0.1, -0.05) is 0 Å². The highest BCUT2D eigenvalue weighted by molar-refractivity contribution is 7.89. The fourth-order valence-electron chi connectivity index (χ4n) is 2.98. The summed E-state index contributed by atoms with van der Waals surface area (Å²) >= 11 is 0. The van der Waals surface area contributed by atoms with Crippen molar-refractivity contribution in [2.45, 2.75) is 42.5 Å². The topological polar surface area (TPSA) is 70.5 Å². The molecule has 9 heteroatoms. The van der Waals surface area contributed by atoms with E-state index >= 15 is 0 Å². The minimum absolute atomic E-state index is 0.151. The molecule has 2 fully saturated rings. The Kier molecular flexibility index (Phi) is 3.93. The Morgan fingerprint density at radius 2 is 1.83 bits per heavy atom. The molecule has 1 aromatic heterocycles. The molecule has 2 heterocycles. The van der Waals surface area contributed by atoms with Gasteiger partial charge in [-0.15, -0.1) is 0 Å². The first-order valence-electron chi connectivity index (χ1n) is 7.39. The average Bonchev–Trinajstić information content (AvgIpc) is 3.32. The van der Waals surface area contributed by atoms with Gasteiger partial charge in [0.25, 0.3) is 10.0 Å². The maximum absolute atomic E-state index is 12.5. The van der Waals surface area contributed by atoms with Gasteiger partial charge in [-0.25, -0.2) is 13.4 Å². The summed E-state index contributed by atoms with van der Waals surface area (Å²) in [6.45, 7) is 0.302. The predicted octanol–water partition coefficient (Wildman–Crippen LogP) is 2.03. The first-order chi connectivity index (χ1) is 10.6. The molecule has 23 heavy (non-hydrogen) atoms. The second-order valence-corrected chi connectivity index (χ2v) is 8.05. The predicted molar refractivity (Wildman–Crippen MR) is 74.9 cm³/mol. The second-order valence-electron chi connectivity index (χ2n) is 6.16. The zero-order chi connectivity index (χ0) is 16.9. The quantitative estimate of drug-likeness (QED) is 0.906. The molecular formula is C14H17F3N2O3S. The number of piperidine rings is 1. The van der Waals surface area contributed by atoms with E-state index in [1.165, 1.54) is 4.31 Å². The summed E-state index contributed by atoms with van der Waals surface area (Å²) in [4.78, 5) is 3.46. The van der Waals surface area contributed by atoms with Gasteiger partial charge >= 0.3 is 6.18 Å². The molecule has 2 aliphatic rings. The van der Waals surface area contributed by atoms with Crippen LogP contribution >= 0.6 is 0 Å². The van der Waals surface area contributed by atoms with Crippen LogP contribution in [0.15, 0.2) is 23.4 Å². The number of halogens is 3. The van der Waals surface area contributed by atoms with Gasteiger partial charge in [-0.2, -0.15) is 17.5 Å². The smallest absolute Gasteiger partial charge is 0.390 e. The molecule has 3 rings (SSSR count). The first kappa shape index (κ1) is 16.7. The maximum Gasteiger partial charge on any atom is 0.417 e. The van der Waals surface area contributed by atoms with E-state index in [4.69, 9.17) is 0 Å². The summed E-state index contributed by atoms with van der Waals surface area (Å²) in [5.74, 6) is 0.247. The van der Waals surface area contributed by atoms with Gasteiger partial charge in [0, 0.05) is 19.3 Å². The van der Waals surface area contributed by atoms with Crippen molar-refractivity contribution < 1.29 is 26.7 Å². The van der Waals surface area contributed by atoms with Gasteiger partial charge in [0.05, 0.1) is 11.2 Å². The molecule has 1 aromatic rings. The van der Waals surface area contributed by atoms with Crippen molar-refractivity contribution in [3.8, 4) is 0 Å². The Labute approximate surface area is 132 Å². The van der Waals surface area contributed by atoms with Crippen LogP contribution in [-0.4, -0.2) is 41.5 Å². The van der Waals surface area contributed by atoms with Gasteiger partial charge in [0.15, 0.2) is 5.03 Å². The normalized spacial score (nSPS) is 23.0. The minimum Gasteiger partial charge on any atom is -0.390 e. The van der Waals surface area contributed by atoms with Gasteiger partial charge in [-0.3, -0.25) is 0 Å². The number of aromatic nitrogens is 1. The van der Waals surface area contributed by atoms with Crippen molar-refractivity contribution in [1.82, 2.24) is 9.29 Å². The Balaban J connectivity index is 1.74. The molecule has 1 saturated carbocycles.